The van der Waals surface area contributed by atoms with E-state index in [1.807, 2.05) is 24.0 Å². The Kier molecular flexibility index (Phi) is 5.87. The molecule has 0 heterocycles. The van der Waals surface area contributed by atoms with Crippen molar-refractivity contribution in [2.45, 2.75) is 53.0 Å². The fraction of sp³-hybridized carbons (Fsp3) is 0.562. The molecule has 0 fully saturated rings. The number of aryl methyl sites for hydroxylation is 1. The number of rotatable bonds is 6. The maximum Gasteiger partial charge on any atom is 0.256 e. The Hall–Kier alpha value is -1.51. The Morgan fingerprint density at radius 3 is 2.58 bits per heavy atom. The van der Waals surface area contributed by atoms with Gasteiger partial charge in [-0.15, -0.1) is 0 Å². The van der Waals surface area contributed by atoms with Gasteiger partial charge in [0.15, 0.2) is 0 Å². The Morgan fingerprint density at radius 1 is 1.37 bits per heavy atom. The fourth-order valence-electron chi connectivity index (χ4n) is 2.20. The molecule has 2 N–H and O–H groups in total. The van der Waals surface area contributed by atoms with Crippen LogP contribution in [0, 0.1) is 6.92 Å². The molecule has 0 aliphatic carbocycles. The minimum absolute atomic E-state index is 0.0680. The molecule has 106 valence electrons. The number of carbonyl (C=O) groups is 1. The van der Waals surface area contributed by atoms with Gasteiger partial charge in [0.25, 0.3) is 5.91 Å². The van der Waals surface area contributed by atoms with Crippen LogP contribution >= 0.6 is 0 Å². The molecule has 1 unspecified atom stereocenters. The Balaban J connectivity index is 3.05. The molecule has 3 heteroatoms. The molecule has 0 bridgehead atoms. The van der Waals surface area contributed by atoms with Crippen molar-refractivity contribution in [3.05, 3.63) is 29.3 Å². The number of nitrogens with zero attached hydrogens (tertiary/aromatic N) is 1. The van der Waals surface area contributed by atoms with E-state index in [1.165, 1.54) is 0 Å². The summed E-state index contributed by atoms with van der Waals surface area (Å²) in [6.07, 6.45) is 3.08. The van der Waals surface area contributed by atoms with Crippen molar-refractivity contribution in [3.8, 4) is 0 Å². The molecular formula is C16H26N2O. The van der Waals surface area contributed by atoms with Crippen LogP contribution in [0.3, 0.4) is 0 Å². The van der Waals surface area contributed by atoms with Gasteiger partial charge in [-0.1, -0.05) is 32.4 Å². The summed E-state index contributed by atoms with van der Waals surface area (Å²) in [6, 6.07) is 5.88. The average molecular weight is 262 g/mol. The third-order valence-electron chi connectivity index (χ3n) is 3.66. The first kappa shape index (κ1) is 15.5. The minimum Gasteiger partial charge on any atom is -0.398 e. The summed E-state index contributed by atoms with van der Waals surface area (Å²) in [5, 5.41) is 0. The van der Waals surface area contributed by atoms with Gasteiger partial charge in [-0.25, -0.2) is 0 Å². The van der Waals surface area contributed by atoms with Crippen LogP contribution in [0.2, 0.25) is 0 Å². The van der Waals surface area contributed by atoms with Crippen LogP contribution in [-0.4, -0.2) is 23.4 Å². The van der Waals surface area contributed by atoms with E-state index in [-0.39, 0.29) is 11.9 Å². The molecule has 0 spiro atoms. The van der Waals surface area contributed by atoms with Crippen LogP contribution < -0.4 is 5.73 Å². The fourth-order valence-corrected chi connectivity index (χ4v) is 2.20. The number of nitrogens with two attached hydrogens (primary N) is 1. The molecule has 1 amide bonds. The molecular weight excluding hydrogens is 236 g/mol. The summed E-state index contributed by atoms with van der Waals surface area (Å²) in [5.41, 5.74) is 8.18. The van der Waals surface area contributed by atoms with E-state index in [9.17, 15) is 4.79 Å². The lowest BCUT2D eigenvalue weighted by molar-refractivity contribution is 0.0685. The van der Waals surface area contributed by atoms with Gasteiger partial charge in [-0.2, -0.15) is 0 Å². The summed E-state index contributed by atoms with van der Waals surface area (Å²) >= 11 is 0. The minimum atomic E-state index is 0.0680. The largest absolute Gasteiger partial charge is 0.398 e. The second-order valence-corrected chi connectivity index (χ2v) is 5.15. The zero-order valence-corrected chi connectivity index (χ0v) is 12.6. The monoisotopic (exact) mass is 262 g/mol. The third-order valence-corrected chi connectivity index (χ3v) is 3.66. The van der Waals surface area contributed by atoms with Crippen LogP contribution in [0.4, 0.5) is 5.69 Å². The van der Waals surface area contributed by atoms with Crippen LogP contribution in [0.1, 0.15) is 56.0 Å². The van der Waals surface area contributed by atoms with Crippen LogP contribution in [0.5, 0.6) is 0 Å². The Morgan fingerprint density at radius 2 is 2.05 bits per heavy atom. The normalized spacial score (nSPS) is 12.2. The predicted octanol–water partition coefficient (Wildman–Crippen LogP) is 3.62. The molecule has 1 rings (SSSR count). The lowest BCUT2D eigenvalue weighted by Gasteiger charge is -2.29. The van der Waals surface area contributed by atoms with Crippen molar-refractivity contribution in [1.29, 1.82) is 0 Å². The zero-order chi connectivity index (χ0) is 14.4. The number of hydrogen-bond acceptors (Lipinski definition) is 2. The first-order valence-corrected chi connectivity index (χ1v) is 7.18. The molecule has 19 heavy (non-hydrogen) atoms. The van der Waals surface area contributed by atoms with Crippen molar-refractivity contribution in [1.82, 2.24) is 4.90 Å². The number of hydrogen-bond donors (Lipinski definition) is 1. The van der Waals surface area contributed by atoms with E-state index in [2.05, 4.69) is 20.8 Å². The molecule has 0 radical (unpaired) electrons. The summed E-state index contributed by atoms with van der Waals surface area (Å²) in [4.78, 5) is 14.7. The van der Waals surface area contributed by atoms with Gasteiger partial charge in [-0.05, 0) is 38.3 Å². The SMILES string of the molecule is CCCCN(C(=O)c1c(C)cccc1N)C(C)CC. The molecule has 3 nitrogen and oxygen atoms in total. The Labute approximate surface area is 116 Å². The number of benzene rings is 1. The highest BCUT2D eigenvalue weighted by molar-refractivity contribution is 6.00. The second kappa shape index (κ2) is 7.17. The molecule has 1 aromatic carbocycles. The first-order chi connectivity index (χ1) is 9.02. The molecule has 0 aliphatic rings. The topological polar surface area (TPSA) is 46.3 Å². The summed E-state index contributed by atoms with van der Waals surface area (Å²) in [6.45, 7) is 9.10. The van der Waals surface area contributed by atoms with E-state index in [1.54, 1.807) is 6.07 Å². The number of amides is 1. The van der Waals surface area contributed by atoms with Gasteiger partial charge < -0.3 is 10.6 Å². The number of nitrogen functional groups attached to an aromatic ring is 1. The van der Waals surface area contributed by atoms with Crippen molar-refractivity contribution < 1.29 is 4.79 Å². The smallest absolute Gasteiger partial charge is 0.256 e. The van der Waals surface area contributed by atoms with E-state index in [0.29, 0.717) is 11.3 Å². The second-order valence-electron chi connectivity index (χ2n) is 5.15. The zero-order valence-electron chi connectivity index (χ0n) is 12.6. The summed E-state index contributed by atoms with van der Waals surface area (Å²) < 4.78 is 0. The highest BCUT2D eigenvalue weighted by atomic mass is 16.2. The van der Waals surface area contributed by atoms with Gasteiger partial charge in [0.1, 0.15) is 0 Å². The van der Waals surface area contributed by atoms with Crippen molar-refractivity contribution in [2.24, 2.45) is 0 Å². The Bertz CT molecular complexity index is 409. The van der Waals surface area contributed by atoms with E-state index in [0.717, 1.165) is 31.4 Å². The van der Waals surface area contributed by atoms with E-state index >= 15 is 0 Å². The molecule has 0 saturated heterocycles. The van der Waals surface area contributed by atoms with E-state index < -0.39 is 0 Å². The molecule has 0 aliphatic heterocycles. The van der Waals surface area contributed by atoms with Crippen molar-refractivity contribution in [2.75, 3.05) is 12.3 Å². The molecule has 0 saturated carbocycles. The number of anilines is 1. The van der Waals surface area contributed by atoms with Gasteiger partial charge in [0, 0.05) is 18.3 Å². The number of carbonyl (C=O) groups excluding carboxylic acids is 1. The van der Waals surface area contributed by atoms with Gasteiger partial charge in [-0.3, -0.25) is 4.79 Å². The van der Waals surface area contributed by atoms with Crippen molar-refractivity contribution >= 4 is 11.6 Å². The third kappa shape index (κ3) is 3.72. The molecule has 1 atom stereocenters. The summed E-state index contributed by atoms with van der Waals surface area (Å²) in [5.74, 6) is 0.0680. The highest BCUT2D eigenvalue weighted by Crippen LogP contribution is 2.20. The average Bonchev–Trinajstić information content (AvgIpc) is 2.38. The van der Waals surface area contributed by atoms with Crippen molar-refractivity contribution in [3.63, 3.8) is 0 Å². The van der Waals surface area contributed by atoms with Crippen LogP contribution in [0.15, 0.2) is 18.2 Å². The number of unbranched alkanes of at least 4 members (excludes halogenated alkanes) is 1. The maximum atomic E-state index is 12.7. The summed E-state index contributed by atoms with van der Waals surface area (Å²) in [7, 11) is 0. The van der Waals surface area contributed by atoms with Crippen LogP contribution in [0.25, 0.3) is 0 Å². The van der Waals surface area contributed by atoms with E-state index in [4.69, 9.17) is 5.73 Å². The molecule has 1 aromatic rings. The molecule has 0 aromatic heterocycles. The quantitative estimate of drug-likeness (QED) is 0.796. The standard InChI is InChI=1S/C16H26N2O/c1-5-7-11-18(13(4)6-2)16(19)15-12(3)9-8-10-14(15)17/h8-10,13H,5-7,11,17H2,1-4H3. The van der Waals surface area contributed by atoms with Gasteiger partial charge in [0.2, 0.25) is 0 Å². The maximum absolute atomic E-state index is 12.7. The van der Waals surface area contributed by atoms with Gasteiger partial charge in [0.05, 0.1) is 5.56 Å². The first-order valence-electron chi connectivity index (χ1n) is 7.18. The lowest BCUT2D eigenvalue weighted by atomic mass is 10.0. The lowest BCUT2D eigenvalue weighted by Crippen LogP contribution is -2.39. The van der Waals surface area contributed by atoms with Gasteiger partial charge >= 0.3 is 0 Å². The predicted molar refractivity (Wildman–Crippen MR) is 81.3 cm³/mol. The van der Waals surface area contributed by atoms with Crippen LogP contribution in [-0.2, 0) is 0 Å². The highest BCUT2D eigenvalue weighted by Gasteiger charge is 2.22.